The van der Waals surface area contributed by atoms with Gasteiger partial charge in [0.1, 0.15) is 0 Å². The summed E-state index contributed by atoms with van der Waals surface area (Å²) in [7, 11) is 0. The zero-order valence-electron chi connectivity index (χ0n) is 35.1. The summed E-state index contributed by atoms with van der Waals surface area (Å²) in [5.74, 6) is 0.0976. The first-order valence-corrected chi connectivity index (χ1v) is 21.8. The lowest BCUT2D eigenvalue weighted by Crippen LogP contribution is -2.06. The van der Waals surface area contributed by atoms with Crippen molar-refractivity contribution in [3.05, 3.63) is 94.9 Å². The molecule has 0 fully saturated rings. The van der Waals surface area contributed by atoms with Gasteiger partial charge in [-0.15, -0.1) is 0 Å². The van der Waals surface area contributed by atoms with Gasteiger partial charge in [-0.2, -0.15) is 0 Å². The predicted octanol–water partition coefficient (Wildman–Crippen LogP) is 15.1. The zero-order valence-corrected chi connectivity index (χ0v) is 35.1. The second-order valence-corrected chi connectivity index (χ2v) is 15.6. The van der Waals surface area contributed by atoms with Crippen LogP contribution in [0.15, 0.2) is 93.8 Å². The number of ether oxygens (including phenoxy) is 2. The Hall–Kier alpha value is -3.34. The van der Waals surface area contributed by atoms with Gasteiger partial charge >= 0.3 is 11.9 Å². The van der Waals surface area contributed by atoms with Gasteiger partial charge in [0.05, 0.1) is 18.1 Å². The number of allylic oxidation sites excluding steroid dienone is 9. The summed E-state index contributed by atoms with van der Waals surface area (Å²) >= 11 is 0. The van der Waals surface area contributed by atoms with E-state index in [9.17, 15) is 9.59 Å². The third-order valence-corrected chi connectivity index (χ3v) is 10.3. The molecule has 0 saturated heterocycles. The van der Waals surface area contributed by atoms with E-state index in [4.69, 9.17) is 13.9 Å². The summed E-state index contributed by atoms with van der Waals surface area (Å²) in [6.45, 7) is 10.5. The van der Waals surface area contributed by atoms with E-state index >= 15 is 0 Å². The Bertz CT molecular complexity index is 1340. The Kier molecular flexibility index (Phi) is 26.8. The monoisotopic (exact) mass is 745 g/mol. The quantitative estimate of drug-likeness (QED) is 0.0417. The van der Waals surface area contributed by atoms with Crippen LogP contribution in [0.3, 0.4) is 0 Å². The number of unbranched alkanes of at least 4 members (excludes halogenated alkanes) is 14. The summed E-state index contributed by atoms with van der Waals surface area (Å²) in [5.41, 5.74) is 4.44. The fourth-order valence-electron chi connectivity index (χ4n) is 6.75. The van der Waals surface area contributed by atoms with Gasteiger partial charge in [-0.05, 0) is 128 Å². The summed E-state index contributed by atoms with van der Waals surface area (Å²) in [5, 5.41) is 0. The van der Waals surface area contributed by atoms with Gasteiger partial charge in [-0.3, -0.25) is 4.79 Å². The van der Waals surface area contributed by atoms with Gasteiger partial charge in [0.25, 0.3) is 0 Å². The van der Waals surface area contributed by atoms with E-state index in [1.54, 1.807) is 13.2 Å². The SMILES string of the molecule is CCCCCCCCCCCCCCC=CCCC=CCCCC(=O)OC1=C(C)C(=O)OC1=CC(C)CCCC(C)=CCCC(C)=CCCc1ccoc1. The topological polar surface area (TPSA) is 65.7 Å². The maximum absolute atomic E-state index is 12.7. The van der Waals surface area contributed by atoms with E-state index in [-0.39, 0.29) is 17.6 Å². The average molecular weight is 745 g/mol. The molecule has 1 aliphatic rings. The van der Waals surface area contributed by atoms with Crippen molar-refractivity contribution in [2.75, 3.05) is 0 Å². The summed E-state index contributed by atoms with van der Waals surface area (Å²) in [6.07, 6.45) is 48.3. The second-order valence-electron chi connectivity index (χ2n) is 15.6. The van der Waals surface area contributed by atoms with E-state index in [1.807, 2.05) is 18.4 Å². The van der Waals surface area contributed by atoms with E-state index in [2.05, 4.69) is 64.2 Å². The molecule has 1 unspecified atom stereocenters. The molecule has 1 aromatic heterocycles. The van der Waals surface area contributed by atoms with Crippen LogP contribution in [0.2, 0.25) is 0 Å². The van der Waals surface area contributed by atoms with Crippen LogP contribution in [0.4, 0.5) is 0 Å². The first-order chi connectivity index (χ1) is 26.3. The minimum Gasteiger partial charge on any atom is -0.472 e. The molecule has 1 aromatic rings. The molecular weight excluding hydrogens is 669 g/mol. The highest BCUT2D eigenvalue weighted by molar-refractivity contribution is 5.94. The van der Waals surface area contributed by atoms with E-state index < -0.39 is 5.97 Å². The molecule has 0 spiro atoms. The normalized spacial score (nSPS) is 15.4. The van der Waals surface area contributed by atoms with Gasteiger partial charge in [0.15, 0.2) is 11.5 Å². The number of hydrogen-bond acceptors (Lipinski definition) is 5. The Morgan fingerprint density at radius 2 is 1.31 bits per heavy atom. The van der Waals surface area contributed by atoms with E-state index in [0.717, 1.165) is 70.6 Å². The van der Waals surface area contributed by atoms with Crippen molar-refractivity contribution < 1.29 is 23.5 Å². The molecule has 0 bridgehead atoms. The predicted molar refractivity (Wildman–Crippen MR) is 227 cm³/mol. The Labute approximate surface area is 330 Å². The molecule has 0 amide bonds. The molecule has 1 aliphatic heterocycles. The van der Waals surface area contributed by atoms with Gasteiger partial charge < -0.3 is 13.9 Å². The Balaban J connectivity index is 1.53. The molecule has 2 rings (SSSR count). The number of esters is 2. The molecule has 1 atom stereocenters. The standard InChI is InChI=1S/C49H76O5/c1-6-7-8-9-10-11-12-13-14-15-16-17-18-19-20-21-22-23-24-25-26-36-47(50)54-48-44(5)49(51)53-46(48)39-43(4)34-28-32-41(2)30-27-31-42(3)33-29-35-45-37-38-52-40-45/h19-20,23-24,30,33,37-40,43H,6-18,21-22,25-29,31-32,34-36H2,1-5H3. The highest BCUT2D eigenvalue weighted by atomic mass is 16.6. The lowest BCUT2D eigenvalue weighted by atomic mass is 9.99. The zero-order chi connectivity index (χ0) is 39.1. The number of carbonyl (C=O) groups is 2. The largest absolute Gasteiger partial charge is 0.472 e. The van der Waals surface area contributed by atoms with Crippen LogP contribution in [0.25, 0.3) is 0 Å². The molecule has 302 valence electrons. The van der Waals surface area contributed by atoms with Gasteiger partial charge in [0.2, 0.25) is 0 Å². The number of rotatable bonds is 32. The van der Waals surface area contributed by atoms with E-state index in [0.29, 0.717) is 17.8 Å². The third-order valence-electron chi connectivity index (χ3n) is 10.3. The van der Waals surface area contributed by atoms with Crippen molar-refractivity contribution in [1.82, 2.24) is 0 Å². The van der Waals surface area contributed by atoms with Crippen molar-refractivity contribution in [3.63, 3.8) is 0 Å². The number of hydrogen-bond donors (Lipinski definition) is 0. The highest BCUT2D eigenvalue weighted by Gasteiger charge is 2.30. The molecule has 0 aliphatic carbocycles. The Morgan fingerprint density at radius 1 is 0.722 bits per heavy atom. The number of carbonyl (C=O) groups excluding carboxylic acids is 2. The average Bonchev–Trinajstić information content (AvgIpc) is 3.76. The van der Waals surface area contributed by atoms with E-state index in [1.165, 1.54) is 100 Å². The fourth-order valence-corrected chi connectivity index (χ4v) is 6.75. The summed E-state index contributed by atoms with van der Waals surface area (Å²) in [4.78, 5) is 25.0. The van der Waals surface area contributed by atoms with Crippen LogP contribution >= 0.6 is 0 Å². The van der Waals surface area contributed by atoms with Crippen molar-refractivity contribution in [1.29, 1.82) is 0 Å². The molecule has 0 N–H and O–H groups in total. The number of aryl methyl sites for hydroxylation is 1. The molecule has 0 aromatic carbocycles. The lowest BCUT2D eigenvalue weighted by molar-refractivity contribution is -0.140. The van der Waals surface area contributed by atoms with Crippen molar-refractivity contribution in [2.24, 2.45) is 5.92 Å². The van der Waals surface area contributed by atoms with Crippen LogP contribution in [0.5, 0.6) is 0 Å². The molecular formula is C49H76O5. The smallest absolute Gasteiger partial charge is 0.343 e. The molecule has 2 heterocycles. The maximum Gasteiger partial charge on any atom is 0.343 e. The minimum absolute atomic E-state index is 0.190. The van der Waals surface area contributed by atoms with Crippen molar-refractivity contribution in [2.45, 2.75) is 195 Å². The van der Waals surface area contributed by atoms with Gasteiger partial charge in [-0.25, -0.2) is 4.79 Å². The summed E-state index contributed by atoms with van der Waals surface area (Å²) < 4.78 is 16.3. The van der Waals surface area contributed by atoms with Crippen LogP contribution in [-0.4, -0.2) is 11.9 Å². The maximum atomic E-state index is 12.7. The van der Waals surface area contributed by atoms with Crippen LogP contribution in [-0.2, 0) is 25.5 Å². The van der Waals surface area contributed by atoms with Gasteiger partial charge in [0, 0.05) is 6.42 Å². The number of cyclic esters (lactones) is 1. The molecule has 0 radical (unpaired) electrons. The summed E-state index contributed by atoms with van der Waals surface area (Å²) in [6, 6.07) is 2.03. The van der Waals surface area contributed by atoms with Gasteiger partial charge in [-0.1, -0.05) is 132 Å². The molecule has 5 heteroatoms. The first kappa shape index (κ1) is 46.8. The van der Waals surface area contributed by atoms with Crippen LogP contribution in [0.1, 0.15) is 194 Å². The third kappa shape index (κ3) is 23.4. The minimum atomic E-state index is -0.438. The first-order valence-electron chi connectivity index (χ1n) is 21.8. The fraction of sp³-hybridized carbons (Fsp3) is 0.633. The Morgan fingerprint density at radius 3 is 1.96 bits per heavy atom. The second kappa shape index (κ2) is 30.9. The van der Waals surface area contributed by atoms with Crippen LogP contribution in [0, 0.1) is 5.92 Å². The lowest BCUT2D eigenvalue weighted by Gasteiger charge is -2.10. The van der Waals surface area contributed by atoms with Crippen molar-refractivity contribution in [3.8, 4) is 0 Å². The molecule has 5 nitrogen and oxygen atoms in total. The highest BCUT2D eigenvalue weighted by Crippen LogP contribution is 2.30. The molecule has 54 heavy (non-hydrogen) atoms. The van der Waals surface area contributed by atoms with Crippen LogP contribution < -0.4 is 0 Å². The van der Waals surface area contributed by atoms with Crippen molar-refractivity contribution >= 4 is 11.9 Å². The molecule has 0 saturated carbocycles. The number of furan rings is 1.